The van der Waals surface area contributed by atoms with E-state index in [1.54, 1.807) is 24.4 Å². The fourth-order valence-corrected chi connectivity index (χ4v) is 3.41. The number of carbonyl (C=O) groups is 4. The molecule has 0 aliphatic carbocycles. The first kappa shape index (κ1) is 25.6. The molecule has 0 spiro atoms. The maximum Gasteiger partial charge on any atom is 0.255 e. The molecule has 4 N–H and O–H groups in total. The number of nitrogens with one attached hydrogen (secondary N) is 3. The summed E-state index contributed by atoms with van der Waals surface area (Å²) >= 11 is 0. The van der Waals surface area contributed by atoms with Gasteiger partial charge in [0.15, 0.2) is 0 Å². The second-order valence-corrected chi connectivity index (χ2v) is 7.88. The van der Waals surface area contributed by atoms with Crippen LogP contribution < -0.4 is 20.7 Å². The highest BCUT2D eigenvalue weighted by Crippen LogP contribution is 2.18. The highest BCUT2D eigenvalue weighted by molar-refractivity contribution is 6.01. The van der Waals surface area contributed by atoms with Gasteiger partial charge in [0.1, 0.15) is 24.4 Å². The van der Waals surface area contributed by atoms with E-state index in [9.17, 15) is 24.3 Å². The van der Waals surface area contributed by atoms with Gasteiger partial charge in [0.25, 0.3) is 5.91 Å². The van der Waals surface area contributed by atoms with Gasteiger partial charge in [-0.1, -0.05) is 12.1 Å². The van der Waals surface area contributed by atoms with Gasteiger partial charge in [0, 0.05) is 38.6 Å². The predicted molar refractivity (Wildman–Crippen MR) is 123 cm³/mol. The summed E-state index contributed by atoms with van der Waals surface area (Å²) in [5.74, 6) is -2.10. The average molecular weight is 485 g/mol. The van der Waals surface area contributed by atoms with Crippen molar-refractivity contribution >= 4 is 23.6 Å². The number of nitrogens with zero attached hydrogens (tertiary/aromatic N) is 3. The molecule has 0 radical (unpaired) electrons. The summed E-state index contributed by atoms with van der Waals surface area (Å²) in [6.45, 7) is -0.184. The smallest absolute Gasteiger partial charge is 0.255 e. The molecule has 3 rings (SSSR count). The standard InChI is InChI=1S/C23H28N6O6/c1-29-10-11-35-19-5-3-2-4-16(19)21(32)28-17(12-20(31)27-18(14-30)23(29)34)22(33)26-7-6-15-13-24-8-9-25-15/h2-5,8-9,13,17-18,30H,6-7,10-12,14H2,1H3,(H,26,33)(H,27,31)(H,28,32)/t17-,18-/m0/s1. The van der Waals surface area contributed by atoms with Crippen molar-refractivity contribution in [1.82, 2.24) is 30.8 Å². The Morgan fingerprint density at radius 3 is 2.77 bits per heavy atom. The maximum absolute atomic E-state index is 13.0. The van der Waals surface area contributed by atoms with Gasteiger partial charge in [-0.15, -0.1) is 0 Å². The first-order valence-electron chi connectivity index (χ1n) is 11.1. The van der Waals surface area contributed by atoms with Crippen molar-refractivity contribution in [3.8, 4) is 5.75 Å². The number of rotatable bonds is 5. The van der Waals surface area contributed by atoms with Crippen LogP contribution in [0.25, 0.3) is 0 Å². The van der Waals surface area contributed by atoms with E-state index in [1.165, 1.54) is 30.4 Å². The molecule has 1 aromatic carbocycles. The normalized spacial score (nSPS) is 19.5. The maximum atomic E-state index is 13.0. The van der Waals surface area contributed by atoms with Crippen molar-refractivity contribution in [2.24, 2.45) is 0 Å². The molecule has 2 aromatic rings. The number of benzene rings is 1. The molecule has 2 heterocycles. The molecule has 0 bridgehead atoms. The summed E-state index contributed by atoms with van der Waals surface area (Å²) in [4.78, 5) is 60.6. The minimum atomic E-state index is -1.24. The lowest BCUT2D eigenvalue weighted by atomic mass is 10.1. The lowest BCUT2D eigenvalue weighted by Gasteiger charge is -2.25. The zero-order valence-corrected chi connectivity index (χ0v) is 19.3. The molecule has 1 aliphatic rings. The lowest BCUT2D eigenvalue weighted by Crippen LogP contribution is -2.53. The van der Waals surface area contributed by atoms with Crippen LogP contribution in [-0.4, -0.2) is 89.0 Å². The Labute approximate surface area is 202 Å². The van der Waals surface area contributed by atoms with Crippen LogP contribution in [0.2, 0.25) is 0 Å². The first-order chi connectivity index (χ1) is 16.9. The van der Waals surface area contributed by atoms with E-state index < -0.39 is 48.7 Å². The van der Waals surface area contributed by atoms with Gasteiger partial charge in [0.2, 0.25) is 17.7 Å². The first-order valence-corrected chi connectivity index (χ1v) is 11.1. The fourth-order valence-electron chi connectivity index (χ4n) is 3.41. The SMILES string of the molecule is CN1CCOc2ccccc2C(=O)N[C@H](C(=O)NCCc2cnccn2)CC(=O)N[C@@H](CO)C1=O. The highest BCUT2D eigenvalue weighted by atomic mass is 16.5. The Kier molecular flexibility index (Phi) is 9.07. The molecule has 0 saturated heterocycles. The Hall–Kier alpha value is -4.06. The molecule has 35 heavy (non-hydrogen) atoms. The Balaban J connectivity index is 1.80. The Morgan fingerprint density at radius 2 is 2.03 bits per heavy atom. The van der Waals surface area contributed by atoms with Gasteiger partial charge in [-0.2, -0.15) is 0 Å². The fraction of sp³-hybridized carbons (Fsp3) is 0.391. The van der Waals surface area contributed by atoms with Crippen LogP contribution in [0.5, 0.6) is 5.75 Å². The number of fused-ring (bicyclic) bond motifs is 1. The van der Waals surface area contributed by atoms with E-state index in [0.29, 0.717) is 12.1 Å². The number of likely N-dealkylation sites (N-methyl/N-ethyl adjacent to an activating group) is 1. The summed E-state index contributed by atoms with van der Waals surface area (Å²) in [6.07, 6.45) is 4.60. The number of hydrogen-bond donors (Lipinski definition) is 4. The van der Waals surface area contributed by atoms with Gasteiger partial charge in [-0.3, -0.25) is 29.1 Å². The predicted octanol–water partition coefficient (Wildman–Crippen LogP) is -1.35. The number of para-hydroxylation sites is 1. The highest BCUT2D eigenvalue weighted by Gasteiger charge is 2.29. The summed E-state index contributed by atoms with van der Waals surface area (Å²) in [5, 5.41) is 17.3. The van der Waals surface area contributed by atoms with E-state index in [0.717, 1.165) is 0 Å². The Bertz CT molecular complexity index is 1050. The molecular formula is C23H28N6O6. The van der Waals surface area contributed by atoms with Gasteiger partial charge >= 0.3 is 0 Å². The monoisotopic (exact) mass is 484 g/mol. The third-order valence-electron chi connectivity index (χ3n) is 5.32. The molecule has 0 unspecified atom stereocenters. The summed E-state index contributed by atoms with van der Waals surface area (Å²) < 4.78 is 5.70. The third-order valence-corrected chi connectivity index (χ3v) is 5.32. The quantitative estimate of drug-likeness (QED) is 0.405. The number of amides is 4. The zero-order valence-electron chi connectivity index (χ0n) is 19.3. The van der Waals surface area contributed by atoms with Crippen LogP contribution in [0.3, 0.4) is 0 Å². The molecule has 1 aliphatic heterocycles. The largest absolute Gasteiger partial charge is 0.491 e. The number of hydrogen-bond acceptors (Lipinski definition) is 8. The van der Waals surface area contributed by atoms with Crippen molar-refractivity contribution in [3.05, 3.63) is 54.1 Å². The van der Waals surface area contributed by atoms with Crippen molar-refractivity contribution in [3.63, 3.8) is 0 Å². The molecule has 1 aromatic heterocycles. The second-order valence-electron chi connectivity index (χ2n) is 7.88. The van der Waals surface area contributed by atoms with Gasteiger partial charge in [0.05, 0.1) is 30.8 Å². The molecule has 4 amide bonds. The summed E-state index contributed by atoms with van der Waals surface area (Å²) in [7, 11) is 1.51. The van der Waals surface area contributed by atoms with E-state index in [2.05, 4.69) is 25.9 Å². The number of carbonyl (C=O) groups excluding carboxylic acids is 4. The second kappa shape index (κ2) is 12.4. The zero-order chi connectivity index (χ0) is 25.2. The topological polar surface area (TPSA) is 163 Å². The average Bonchev–Trinajstić information content (AvgIpc) is 2.86. The van der Waals surface area contributed by atoms with Crippen LogP contribution in [-0.2, 0) is 20.8 Å². The van der Waals surface area contributed by atoms with E-state index >= 15 is 0 Å². The lowest BCUT2D eigenvalue weighted by molar-refractivity contribution is -0.137. The summed E-state index contributed by atoms with van der Waals surface area (Å²) in [5.41, 5.74) is 0.852. The minimum absolute atomic E-state index is 0.0743. The van der Waals surface area contributed by atoms with E-state index in [4.69, 9.17) is 4.74 Å². The number of aliphatic hydroxyl groups is 1. The molecule has 12 nitrogen and oxygen atoms in total. The van der Waals surface area contributed by atoms with Crippen LogP contribution in [0, 0.1) is 0 Å². The van der Waals surface area contributed by atoms with Crippen molar-refractivity contribution in [1.29, 1.82) is 0 Å². The molecular weight excluding hydrogens is 456 g/mol. The number of aromatic nitrogens is 2. The van der Waals surface area contributed by atoms with E-state index in [-0.39, 0.29) is 31.0 Å². The minimum Gasteiger partial charge on any atom is -0.491 e. The molecule has 12 heteroatoms. The van der Waals surface area contributed by atoms with Gasteiger partial charge in [-0.05, 0) is 12.1 Å². The number of aliphatic hydroxyl groups excluding tert-OH is 1. The van der Waals surface area contributed by atoms with Crippen LogP contribution in [0.1, 0.15) is 22.5 Å². The van der Waals surface area contributed by atoms with Crippen molar-refractivity contribution in [2.75, 3.05) is 33.4 Å². The third kappa shape index (κ3) is 7.21. The van der Waals surface area contributed by atoms with Crippen LogP contribution in [0.4, 0.5) is 0 Å². The Morgan fingerprint density at radius 1 is 1.23 bits per heavy atom. The molecule has 0 fully saturated rings. The molecule has 0 saturated carbocycles. The molecule has 2 atom stereocenters. The van der Waals surface area contributed by atoms with Gasteiger partial charge in [-0.25, -0.2) is 0 Å². The van der Waals surface area contributed by atoms with E-state index in [1.807, 2.05) is 0 Å². The van der Waals surface area contributed by atoms with Crippen LogP contribution >= 0.6 is 0 Å². The van der Waals surface area contributed by atoms with Crippen molar-refractivity contribution in [2.45, 2.75) is 24.9 Å². The van der Waals surface area contributed by atoms with Crippen LogP contribution in [0.15, 0.2) is 42.9 Å². The summed E-state index contributed by atoms with van der Waals surface area (Å²) in [6, 6.07) is 4.04. The molecule has 186 valence electrons. The van der Waals surface area contributed by atoms with Gasteiger partial charge < -0.3 is 30.7 Å². The number of ether oxygens (including phenoxy) is 1. The van der Waals surface area contributed by atoms with Crippen molar-refractivity contribution < 1.29 is 29.0 Å².